The maximum Gasteiger partial charge on any atom is 0.191 e. The number of hydrogen-bond acceptors (Lipinski definition) is 3. The highest BCUT2D eigenvalue weighted by molar-refractivity contribution is 14.0. The van der Waals surface area contributed by atoms with E-state index in [0.29, 0.717) is 6.04 Å². The van der Waals surface area contributed by atoms with Crippen LogP contribution in [-0.4, -0.2) is 60.6 Å². The highest BCUT2D eigenvalue weighted by Gasteiger charge is 2.20. The molecule has 1 fully saturated rings. The van der Waals surface area contributed by atoms with Gasteiger partial charge in [-0.3, -0.25) is 9.89 Å². The number of nitrogens with one attached hydrogen (secondary N) is 2. The third-order valence-corrected chi connectivity index (χ3v) is 5.17. The van der Waals surface area contributed by atoms with Crippen LogP contribution in [0.1, 0.15) is 40.5 Å². The Labute approximate surface area is 164 Å². The van der Waals surface area contributed by atoms with Crippen LogP contribution in [0.5, 0.6) is 0 Å². The van der Waals surface area contributed by atoms with Gasteiger partial charge in [-0.25, -0.2) is 0 Å². The lowest BCUT2D eigenvalue weighted by Gasteiger charge is -2.33. The van der Waals surface area contributed by atoms with Gasteiger partial charge < -0.3 is 10.6 Å². The molecular formula is C17H35IN4S. The van der Waals surface area contributed by atoms with Crippen LogP contribution in [0.3, 0.4) is 0 Å². The minimum Gasteiger partial charge on any atom is -0.357 e. The molecule has 0 amide bonds. The highest BCUT2D eigenvalue weighted by atomic mass is 127. The Bertz CT molecular complexity index is 377. The molecule has 4 nitrogen and oxygen atoms in total. The zero-order valence-electron chi connectivity index (χ0n) is 15.4. The second-order valence-electron chi connectivity index (χ2n) is 6.81. The van der Waals surface area contributed by atoms with Gasteiger partial charge in [0.25, 0.3) is 0 Å². The van der Waals surface area contributed by atoms with Crippen LogP contribution >= 0.6 is 35.7 Å². The van der Waals surface area contributed by atoms with E-state index < -0.39 is 0 Å². The Morgan fingerprint density at radius 3 is 2.43 bits per heavy atom. The van der Waals surface area contributed by atoms with Gasteiger partial charge >= 0.3 is 0 Å². The second-order valence-corrected chi connectivity index (χ2v) is 8.32. The fourth-order valence-electron chi connectivity index (χ4n) is 2.46. The Morgan fingerprint density at radius 2 is 1.96 bits per heavy atom. The Hall–Kier alpha value is 0.0500. The van der Waals surface area contributed by atoms with Crippen molar-refractivity contribution in [3.05, 3.63) is 12.2 Å². The van der Waals surface area contributed by atoms with Gasteiger partial charge in [0.1, 0.15) is 0 Å². The van der Waals surface area contributed by atoms with Crippen LogP contribution in [-0.2, 0) is 0 Å². The first kappa shape index (κ1) is 23.1. The predicted octanol–water partition coefficient (Wildman–Crippen LogP) is 3.34. The Balaban J connectivity index is 0.00000484. The van der Waals surface area contributed by atoms with Gasteiger partial charge in [-0.1, -0.05) is 12.2 Å². The van der Waals surface area contributed by atoms with Crippen molar-refractivity contribution in [1.29, 1.82) is 0 Å². The third kappa shape index (κ3) is 9.82. The SMILES string of the molecule is C=C(C)CN1CCC(NC(=NCC(C)(C)SC)NCC)CC1.I. The molecule has 0 unspecified atom stereocenters. The molecule has 1 rings (SSSR count). The van der Waals surface area contributed by atoms with Gasteiger partial charge in [0, 0.05) is 37.0 Å². The standard InChI is InChI=1S/C17H34N4S.HI/c1-7-18-16(19-13-17(4,5)22-6)20-15-8-10-21(11-9-15)12-14(2)3;/h15H,2,7-13H2,1,3-6H3,(H2,18,19,20);1H. The number of nitrogens with zero attached hydrogens (tertiary/aromatic N) is 2. The van der Waals surface area contributed by atoms with Crippen molar-refractivity contribution in [3.8, 4) is 0 Å². The van der Waals surface area contributed by atoms with E-state index in [-0.39, 0.29) is 28.7 Å². The van der Waals surface area contributed by atoms with Crippen molar-refractivity contribution in [2.75, 3.05) is 39.0 Å². The van der Waals surface area contributed by atoms with E-state index in [9.17, 15) is 0 Å². The lowest BCUT2D eigenvalue weighted by Crippen LogP contribution is -2.49. The maximum absolute atomic E-state index is 4.76. The van der Waals surface area contributed by atoms with Gasteiger partial charge in [-0.15, -0.1) is 24.0 Å². The number of hydrogen-bond donors (Lipinski definition) is 2. The number of likely N-dealkylation sites (tertiary alicyclic amines) is 1. The average Bonchev–Trinajstić information content (AvgIpc) is 2.46. The minimum atomic E-state index is 0. The zero-order chi connectivity index (χ0) is 16.6. The maximum atomic E-state index is 4.76. The quantitative estimate of drug-likeness (QED) is 0.268. The van der Waals surface area contributed by atoms with Crippen LogP contribution in [0.15, 0.2) is 17.1 Å². The van der Waals surface area contributed by atoms with E-state index in [1.54, 1.807) is 0 Å². The summed E-state index contributed by atoms with van der Waals surface area (Å²) >= 11 is 1.86. The molecule has 0 radical (unpaired) electrons. The molecule has 6 heteroatoms. The highest BCUT2D eigenvalue weighted by Crippen LogP contribution is 2.21. The van der Waals surface area contributed by atoms with E-state index in [1.165, 1.54) is 18.4 Å². The fraction of sp³-hybridized carbons (Fsp3) is 0.824. The summed E-state index contributed by atoms with van der Waals surface area (Å²) in [7, 11) is 0. The van der Waals surface area contributed by atoms with Crippen molar-refractivity contribution in [1.82, 2.24) is 15.5 Å². The molecule has 0 aromatic carbocycles. The molecule has 1 saturated heterocycles. The molecule has 0 atom stereocenters. The number of thioether (sulfide) groups is 1. The zero-order valence-corrected chi connectivity index (χ0v) is 18.6. The minimum absolute atomic E-state index is 0. The summed E-state index contributed by atoms with van der Waals surface area (Å²) in [5, 5.41) is 6.98. The monoisotopic (exact) mass is 454 g/mol. The van der Waals surface area contributed by atoms with Crippen LogP contribution in [0.25, 0.3) is 0 Å². The van der Waals surface area contributed by atoms with E-state index in [4.69, 9.17) is 4.99 Å². The molecular weight excluding hydrogens is 419 g/mol. The van der Waals surface area contributed by atoms with Crippen molar-refractivity contribution < 1.29 is 0 Å². The van der Waals surface area contributed by atoms with E-state index in [0.717, 1.165) is 38.7 Å². The number of rotatable bonds is 7. The second kappa shape index (κ2) is 11.6. The van der Waals surface area contributed by atoms with E-state index in [2.05, 4.69) is 56.1 Å². The number of piperidine rings is 1. The molecule has 2 N–H and O–H groups in total. The Morgan fingerprint density at radius 1 is 1.35 bits per heavy atom. The predicted molar refractivity (Wildman–Crippen MR) is 116 cm³/mol. The summed E-state index contributed by atoms with van der Waals surface area (Å²) in [6.45, 7) is 17.7. The summed E-state index contributed by atoms with van der Waals surface area (Å²) in [4.78, 5) is 7.25. The first-order valence-electron chi connectivity index (χ1n) is 8.33. The Kier molecular flexibility index (Phi) is 11.6. The van der Waals surface area contributed by atoms with Crippen LogP contribution in [0, 0.1) is 0 Å². The van der Waals surface area contributed by atoms with Crippen LogP contribution < -0.4 is 10.6 Å². The van der Waals surface area contributed by atoms with E-state index >= 15 is 0 Å². The molecule has 0 spiro atoms. The van der Waals surface area contributed by atoms with Crippen molar-refractivity contribution in [3.63, 3.8) is 0 Å². The molecule has 1 aliphatic heterocycles. The summed E-state index contributed by atoms with van der Waals surface area (Å²) in [6, 6.07) is 0.525. The topological polar surface area (TPSA) is 39.7 Å². The number of aliphatic imine (C=N–C) groups is 1. The largest absolute Gasteiger partial charge is 0.357 e. The average molecular weight is 454 g/mol. The summed E-state index contributed by atoms with van der Waals surface area (Å²) in [6.07, 6.45) is 4.49. The molecule has 0 aromatic heterocycles. The lowest BCUT2D eigenvalue weighted by atomic mass is 10.0. The van der Waals surface area contributed by atoms with Crippen molar-refractivity contribution in [2.24, 2.45) is 4.99 Å². The van der Waals surface area contributed by atoms with Crippen molar-refractivity contribution >= 4 is 41.7 Å². The fourth-order valence-corrected chi connectivity index (χ4v) is 2.66. The van der Waals surface area contributed by atoms with Crippen molar-refractivity contribution in [2.45, 2.75) is 51.3 Å². The molecule has 1 heterocycles. The first-order valence-corrected chi connectivity index (χ1v) is 9.55. The molecule has 23 heavy (non-hydrogen) atoms. The molecule has 0 aliphatic carbocycles. The molecule has 136 valence electrons. The molecule has 1 aliphatic rings. The van der Waals surface area contributed by atoms with Crippen LogP contribution in [0.2, 0.25) is 0 Å². The van der Waals surface area contributed by atoms with Gasteiger partial charge in [0.15, 0.2) is 5.96 Å². The third-order valence-electron chi connectivity index (χ3n) is 3.94. The van der Waals surface area contributed by atoms with Gasteiger partial charge in [-0.05, 0) is 46.8 Å². The van der Waals surface area contributed by atoms with Gasteiger partial charge in [0.05, 0.1) is 6.54 Å². The van der Waals surface area contributed by atoms with Crippen LogP contribution in [0.4, 0.5) is 0 Å². The summed E-state index contributed by atoms with van der Waals surface area (Å²) in [5.41, 5.74) is 1.25. The summed E-state index contributed by atoms with van der Waals surface area (Å²) in [5.74, 6) is 0.961. The molecule has 0 aromatic rings. The summed E-state index contributed by atoms with van der Waals surface area (Å²) < 4.78 is 0.188. The smallest absolute Gasteiger partial charge is 0.191 e. The first-order chi connectivity index (χ1) is 10.4. The number of guanidine groups is 1. The van der Waals surface area contributed by atoms with Gasteiger partial charge in [-0.2, -0.15) is 11.8 Å². The normalized spacial score (nSPS) is 17.5. The van der Waals surface area contributed by atoms with E-state index in [1.807, 2.05) is 11.8 Å². The molecule has 0 bridgehead atoms. The molecule has 0 saturated carbocycles. The lowest BCUT2D eigenvalue weighted by molar-refractivity contribution is 0.221. The van der Waals surface area contributed by atoms with Gasteiger partial charge in [0.2, 0.25) is 0 Å². The number of halogens is 1.